The van der Waals surface area contributed by atoms with Crippen LogP contribution in [0.5, 0.6) is 0 Å². The third kappa shape index (κ3) is 4.16. The van der Waals surface area contributed by atoms with E-state index in [4.69, 9.17) is 4.74 Å². The van der Waals surface area contributed by atoms with Crippen molar-refractivity contribution in [3.63, 3.8) is 0 Å². The van der Waals surface area contributed by atoms with Gasteiger partial charge in [-0.15, -0.1) is 0 Å². The molecule has 6 nitrogen and oxygen atoms in total. The predicted molar refractivity (Wildman–Crippen MR) is 56.9 cm³/mol. The van der Waals surface area contributed by atoms with E-state index in [-0.39, 0.29) is 5.91 Å². The monoisotopic (exact) mass is 230 g/mol. The average Bonchev–Trinajstić information content (AvgIpc) is 2.29. The SMILES string of the molecule is COC(=O)C(C)NC(=O)CN1CCOCC1. The predicted octanol–water partition coefficient (Wildman–Crippen LogP) is -1.00. The normalized spacial score (nSPS) is 18.9. The number of hydrogen-bond acceptors (Lipinski definition) is 5. The van der Waals surface area contributed by atoms with Crippen LogP contribution in [-0.4, -0.2) is 62.8 Å². The van der Waals surface area contributed by atoms with Crippen LogP contribution in [0.2, 0.25) is 0 Å². The summed E-state index contributed by atoms with van der Waals surface area (Å²) in [5, 5.41) is 2.58. The first-order valence-corrected chi connectivity index (χ1v) is 5.30. The molecule has 0 spiro atoms. The van der Waals surface area contributed by atoms with Crippen molar-refractivity contribution in [1.29, 1.82) is 0 Å². The first kappa shape index (κ1) is 12.9. The average molecular weight is 230 g/mol. The van der Waals surface area contributed by atoms with Gasteiger partial charge in [-0.05, 0) is 6.92 Å². The van der Waals surface area contributed by atoms with Crippen LogP contribution >= 0.6 is 0 Å². The molecular weight excluding hydrogens is 212 g/mol. The molecule has 6 heteroatoms. The summed E-state index contributed by atoms with van der Waals surface area (Å²) in [4.78, 5) is 24.6. The van der Waals surface area contributed by atoms with Crippen molar-refractivity contribution in [3.05, 3.63) is 0 Å². The van der Waals surface area contributed by atoms with E-state index in [2.05, 4.69) is 10.1 Å². The van der Waals surface area contributed by atoms with E-state index in [1.54, 1.807) is 6.92 Å². The Labute approximate surface area is 94.9 Å². The van der Waals surface area contributed by atoms with Crippen LogP contribution in [0.15, 0.2) is 0 Å². The fraction of sp³-hybridized carbons (Fsp3) is 0.800. The van der Waals surface area contributed by atoms with Crippen LogP contribution in [-0.2, 0) is 19.1 Å². The molecular formula is C10H18N2O4. The molecule has 0 saturated carbocycles. The summed E-state index contributed by atoms with van der Waals surface area (Å²) in [7, 11) is 1.30. The Kier molecular flexibility index (Phi) is 5.21. The maximum Gasteiger partial charge on any atom is 0.328 e. The first-order valence-electron chi connectivity index (χ1n) is 5.30. The second-order valence-corrected chi connectivity index (χ2v) is 3.70. The van der Waals surface area contributed by atoms with Crippen LogP contribution in [0.4, 0.5) is 0 Å². The zero-order valence-electron chi connectivity index (χ0n) is 9.69. The van der Waals surface area contributed by atoms with Crippen LogP contribution in [0, 0.1) is 0 Å². The Balaban J connectivity index is 2.26. The van der Waals surface area contributed by atoms with Crippen molar-refractivity contribution < 1.29 is 19.1 Å². The highest BCUT2D eigenvalue weighted by molar-refractivity contribution is 5.85. The highest BCUT2D eigenvalue weighted by Crippen LogP contribution is 1.96. The van der Waals surface area contributed by atoms with Gasteiger partial charge in [-0.1, -0.05) is 0 Å². The van der Waals surface area contributed by atoms with Gasteiger partial charge in [0.15, 0.2) is 0 Å². The third-order valence-corrected chi connectivity index (χ3v) is 2.40. The van der Waals surface area contributed by atoms with E-state index in [0.717, 1.165) is 13.1 Å². The molecule has 0 aromatic carbocycles. The number of methoxy groups -OCH3 is 1. The standard InChI is InChI=1S/C10H18N2O4/c1-8(10(14)15-2)11-9(13)7-12-3-5-16-6-4-12/h8H,3-7H2,1-2H3,(H,11,13). The Hall–Kier alpha value is -1.14. The maximum absolute atomic E-state index is 11.5. The van der Waals surface area contributed by atoms with E-state index in [1.807, 2.05) is 4.90 Å². The molecule has 1 rings (SSSR count). The molecule has 16 heavy (non-hydrogen) atoms. The Bertz CT molecular complexity index is 251. The van der Waals surface area contributed by atoms with Gasteiger partial charge in [0.1, 0.15) is 6.04 Å². The second-order valence-electron chi connectivity index (χ2n) is 3.70. The summed E-state index contributed by atoms with van der Waals surface area (Å²) in [5.74, 6) is -0.602. The van der Waals surface area contributed by atoms with Crippen molar-refractivity contribution in [3.8, 4) is 0 Å². The highest BCUT2D eigenvalue weighted by Gasteiger charge is 2.18. The summed E-state index contributed by atoms with van der Waals surface area (Å²) in [6, 6.07) is -0.599. The Morgan fingerprint density at radius 1 is 1.44 bits per heavy atom. The zero-order chi connectivity index (χ0) is 12.0. The lowest BCUT2D eigenvalue weighted by molar-refractivity contribution is -0.144. The number of esters is 1. The minimum Gasteiger partial charge on any atom is -0.467 e. The molecule has 1 aliphatic heterocycles. The van der Waals surface area contributed by atoms with Crippen molar-refractivity contribution in [2.75, 3.05) is 40.0 Å². The van der Waals surface area contributed by atoms with Gasteiger partial charge in [0.2, 0.25) is 5.91 Å². The molecule has 1 amide bonds. The number of morpholine rings is 1. The molecule has 1 heterocycles. The van der Waals surface area contributed by atoms with Crippen molar-refractivity contribution in [1.82, 2.24) is 10.2 Å². The van der Waals surface area contributed by atoms with E-state index < -0.39 is 12.0 Å². The van der Waals surface area contributed by atoms with Gasteiger partial charge in [-0.25, -0.2) is 4.79 Å². The van der Waals surface area contributed by atoms with Gasteiger partial charge in [-0.3, -0.25) is 9.69 Å². The Morgan fingerprint density at radius 2 is 2.06 bits per heavy atom. The number of rotatable bonds is 4. The first-order chi connectivity index (χ1) is 7.63. The van der Waals surface area contributed by atoms with Gasteiger partial charge >= 0.3 is 5.97 Å². The number of nitrogens with zero attached hydrogens (tertiary/aromatic N) is 1. The molecule has 1 saturated heterocycles. The fourth-order valence-electron chi connectivity index (χ4n) is 1.49. The molecule has 1 N–H and O–H groups in total. The van der Waals surface area contributed by atoms with Crippen LogP contribution < -0.4 is 5.32 Å². The van der Waals surface area contributed by atoms with E-state index in [0.29, 0.717) is 19.8 Å². The molecule has 0 aliphatic carbocycles. The van der Waals surface area contributed by atoms with Crippen LogP contribution in [0.25, 0.3) is 0 Å². The summed E-state index contributed by atoms with van der Waals surface area (Å²) < 4.78 is 9.69. The number of ether oxygens (including phenoxy) is 2. The lowest BCUT2D eigenvalue weighted by Gasteiger charge is -2.26. The quantitative estimate of drug-likeness (QED) is 0.627. The summed E-state index contributed by atoms with van der Waals surface area (Å²) in [6.45, 7) is 4.70. The van der Waals surface area contributed by atoms with Crippen molar-refractivity contribution in [2.24, 2.45) is 0 Å². The van der Waals surface area contributed by atoms with Gasteiger partial charge < -0.3 is 14.8 Å². The largest absolute Gasteiger partial charge is 0.467 e. The molecule has 1 unspecified atom stereocenters. The molecule has 0 bridgehead atoms. The molecule has 1 atom stereocenters. The molecule has 1 fully saturated rings. The van der Waals surface area contributed by atoms with Crippen LogP contribution in [0.3, 0.4) is 0 Å². The van der Waals surface area contributed by atoms with Gasteiger partial charge in [0.05, 0.1) is 26.9 Å². The van der Waals surface area contributed by atoms with Crippen molar-refractivity contribution in [2.45, 2.75) is 13.0 Å². The fourth-order valence-corrected chi connectivity index (χ4v) is 1.49. The van der Waals surface area contributed by atoms with Crippen LogP contribution in [0.1, 0.15) is 6.92 Å². The zero-order valence-corrected chi connectivity index (χ0v) is 9.69. The summed E-state index contributed by atoms with van der Waals surface area (Å²) in [5.41, 5.74) is 0. The third-order valence-electron chi connectivity index (χ3n) is 2.40. The Morgan fingerprint density at radius 3 is 2.62 bits per heavy atom. The maximum atomic E-state index is 11.5. The van der Waals surface area contributed by atoms with E-state index in [9.17, 15) is 9.59 Å². The van der Waals surface area contributed by atoms with Gasteiger partial charge in [0.25, 0.3) is 0 Å². The number of carbonyl (C=O) groups excluding carboxylic acids is 2. The lowest BCUT2D eigenvalue weighted by Crippen LogP contribution is -2.47. The number of amides is 1. The van der Waals surface area contributed by atoms with Gasteiger partial charge in [0, 0.05) is 13.1 Å². The minimum atomic E-state index is -0.599. The minimum absolute atomic E-state index is 0.167. The number of nitrogens with one attached hydrogen (secondary N) is 1. The van der Waals surface area contributed by atoms with Gasteiger partial charge in [-0.2, -0.15) is 0 Å². The highest BCUT2D eigenvalue weighted by atomic mass is 16.5. The van der Waals surface area contributed by atoms with E-state index >= 15 is 0 Å². The second kappa shape index (κ2) is 6.44. The number of hydrogen-bond donors (Lipinski definition) is 1. The molecule has 0 aromatic heterocycles. The summed E-state index contributed by atoms with van der Waals surface area (Å²) >= 11 is 0. The van der Waals surface area contributed by atoms with E-state index in [1.165, 1.54) is 7.11 Å². The summed E-state index contributed by atoms with van der Waals surface area (Å²) in [6.07, 6.45) is 0. The van der Waals surface area contributed by atoms with Crippen molar-refractivity contribution >= 4 is 11.9 Å². The smallest absolute Gasteiger partial charge is 0.328 e. The molecule has 0 radical (unpaired) electrons. The molecule has 1 aliphatic rings. The lowest BCUT2D eigenvalue weighted by atomic mass is 10.3. The number of carbonyl (C=O) groups is 2. The molecule has 92 valence electrons. The topological polar surface area (TPSA) is 67.9 Å². The molecule has 0 aromatic rings.